The summed E-state index contributed by atoms with van der Waals surface area (Å²) < 4.78 is 6.00. The third-order valence-electron chi connectivity index (χ3n) is 2.89. The van der Waals surface area contributed by atoms with Crippen LogP contribution in [-0.2, 0) is 6.54 Å². The van der Waals surface area contributed by atoms with Crippen LogP contribution in [0.5, 0.6) is 5.75 Å². The minimum Gasteiger partial charge on any atom is -0.497 e. The van der Waals surface area contributed by atoms with E-state index in [-0.39, 0.29) is 0 Å². The molecule has 0 fully saturated rings. The van der Waals surface area contributed by atoms with E-state index in [1.807, 2.05) is 30.3 Å². The topological polar surface area (TPSA) is 64.3 Å². The lowest BCUT2D eigenvalue weighted by Gasteiger charge is -2.11. The zero-order valence-corrected chi connectivity index (χ0v) is 12.6. The van der Waals surface area contributed by atoms with E-state index < -0.39 is 5.91 Å². The Kier molecular flexibility index (Phi) is 4.63. The zero-order chi connectivity index (χ0) is 14.5. The number of rotatable bonds is 5. The highest BCUT2D eigenvalue weighted by atomic mass is 79.9. The average molecular weight is 335 g/mol. The van der Waals surface area contributed by atoms with Crippen LogP contribution in [0.1, 0.15) is 15.9 Å². The van der Waals surface area contributed by atoms with Gasteiger partial charge in [-0.2, -0.15) is 0 Å². The summed E-state index contributed by atoms with van der Waals surface area (Å²) in [7, 11) is 1.63. The maximum Gasteiger partial charge on any atom is 0.250 e. The Balaban J connectivity index is 2.13. The van der Waals surface area contributed by atoms with Crippen LogP contribution in [-0.4, -0.2) is 13.0 Å². The van der Waals surface area contributed by atoms with Crippen LogP contribution in [0.2, 0.25) is 0 Å². The van der Waals surface area contributed by atoms with Crippen LogP contribution in [0.4, 0.5) is 5.69 Å². The number of nitrogens with one attached hydrogen (secondary N) is 1. The maximum atomic E-state index is 11.4. The predicted molar refractivity (Wildman–Crippen MR) is 83.0 cm³/mol. The standard InChI is InChI=1S/C15H15BrN2O2/c1-20-12-5-2-10(3-6-12)9-18-14-8-11(16)4-7-13(14)15(17)19/h2-8,18H,9H2,1H3,(H2,17,19). The Labute approximate surface area is 126 Å². The van der Waals surface area contributed by atoms with Gasteiger partial charge in [-0.1, -0.05) is 28.1 Å². The minimum atomic E-state index is -0.449. The first-order chi connectivity index (χ1) is 9.60. The van der Waals surface area contributed by atoms with Gasteiger partial charge in [-0.25, -0.2) is 0 Å². The number of primary amides is 1. The molecule has 3 N–H and O–H groups in total. The molecule has 0 unspecified atom stereocenters. The molecule has 0 radical (unpaired) electrons. The Morgan fingerprint density at radius 3 is 2.55 bits per heavy atom. The van der Waals surface area contributed by atoms with E-state index in [4.69, 9.17) is 10.5 Å². The Bertz CT molecular complexity index is 612. The van der Waals surface area contributed by atoms with Crippen molar-refractivity contribution < 1.29 is 9.53 Å². The van der Waals surface area contributed by atoms with Gasteiger partial charge < -0.3 is 15.8 Å². The summed E-state index contributed by atoms with van der Waals surface area (Å²) in [6, 6.07) is 13.0. The number of hydrogen-bond acceptors (Lipinski definition) is 3. The zero-order valence-electron chi connectivity index (χ0n) is 11.0. The van der Waals surface area contributed by atoms with Crippen molar-refractivity contribution >= 4 is 27.5 Å². The largest absolute Gasteiger partial charge is 0.497 e. The van der Waals surface area contributed by atoms with Crippen molar-refractivity contribution in [3.8, 4) is 5.75 Å². The number of amides is 1. The second kappa shape index (κ2) is 6.43. The number of methoxy groups -OCH3 is 1. The van der Waals surface area contributed by atoms with E-state index >= 15 is 0 Å². The van der Waals surface area contributed by atoms with Gasteiger partial charge in [0.25, 0.3) is 5.91 Å². The Morgan fingerprint density at radius 1 is 1.25 bits per heavy atom. The summed E-state index contributed by atoms with van der Waals surface area (Å²) in [6.45, 7) is 0.598. The molecular weight excluding hydrogens is 320 g/mol. The first kappa shape index (κ1) is 14.4. The van der Waals surface area contributed by atoms with Crippen molar-refractivity contribution in [3.63, 3.8) is 0 Å². The summed E-state index contributed by atoms with van der Waals surface area (Å²) in [4.78, 5) is 11.4. The summed E-state index contributed by atoms with van der Waals surface area (Å²) >= 11 is 3.38. The third kappa shape index (κ3) is 3.51. The minimum absolute atomic E-state index is 0.449. The predicted octanol–water partition coefficient (Wildman–Crippen LogP) is 3.17. The quantitative estimate of drug-likeness (QED) is 0.882. The monoisotopic (exact) mass is 334 g/mol. The van der Waals surface area contributed by atoms with Crippen molar-refractivity contribution in [2.75, 3.05) is 12.4 Å². The maximum absolute atomic E-state index is 11.4. The summed E-state index contributed by atoms with van der Waals surface area (Å²) in [6.07, 6.45) is 0. The fraction of sp³-hybridized carbons (Fsp3) is 0.133. The van der Waals surface area contributed by atoms with Crippen LogP contribution >= 0.6 is 15.9 Å². The van der Waals surface area contributed by atoms with Crippen molar-refractivity contribution in [1.82, 2.24) is 0 Å². The van der Waals surface area contributed by atoms with Gasteiger partial charge in [-0.3, -0.25) is 4.79 Å². The summed E-state index contributed by atoms with van der Waals surface area (Å²) in [5.41, 5.74) is 7.63. The number of hydrogen-bond donors (Lipinski definition) is 2. The fourth-order valence-electron chi connectivity index (χ4n) is 1.82. The van der Waals surface area contributed by atoms with Gasteiger partial charge in [-0.05, 0) is 35.9 Å². The molecule has 0 aliphatic rings. The number of carbonyl (C=O) groups excluding carboxylic acids is 1. The second-order valence-electron chi connectivity index (χ2n) is 4.26. The molecule has 0 spiro atoms. The van der Waals surface area contributed by atoms with E-state index in [0.29, 0.717) is 17.8 Å². The third-order valence-corrected chi connectivity index (χ3v) is 3.38. The molecule has 2 rings (SSSR count). The van der Waals surface area contributed by atoms with Gasteiger partial charge in [0.05, 0.1) is 12.7 Å². The molecule has 0 saturated heterocycles. The molecule has 2 aromatic rings. The molecule has 1 amide bonds. The van der Waals surface area contributed by atoms with E-state index in [9.17, 15) is 4.79 Å². The number of halogens is 1. The molecule has 0 bridgehead atoms. The van der Waals surface area contributed by atoms with E-state index in [0.717, 1.165) is 15.8 Å². The lowest BCUT2D eigenvalue weighted by molar-refractivity contribution is 0.100. The normalized spacial score (nSPS) is 10.1. The van der Waals surface area contributed by atoms with Gasteiger partial charge in [0.15, 0.2) is 0 Å². The Hall–Kier alpha value is -2.01. The first-order valence-corrected chi connectivity index (χ1v) is 6.85. The molecule has 104 valence electrons. The van der Waals surface area contributed by atoms with Crippen LogP contribution < -0.4 is 15.8 Å². The summed E-state index contributed by atoms with van der Waals surface area (Å²) in [5.74, 6) is 0.365. The van der Waals surface area contributed by atoms with Gasteiger partial charge in [0.2, 0.25) is 0 Å². The molecule has 5 heteroatoms. The number of benzene rings is 2. The van der Waals surface area contributed by atoms with E-state index in [1.165, 1.54) is 0 Å². The molecule has 0 atom stereocenters. The molecule has 0 aromatic heterocycles. The van der Waals surface area contributed by atoms with Crippen LogP contribution in [0, 0.1) is 0 Å². The summed E-state index contributed by atoms with van der Waals surface area (Å²) in [5, 5.41) is 3.22. The lowest BCUT2D eigenvalue weighted by atomic mass is 10.1. The highest BCUT2D eigenvalue weighted by Crippen LogP contribution is 2.22. The molecule has 2 aromatic carbocycles. The fourth-order valence-corrected chi connectivity index (χ4v) is 2.18. The van der Waals surface area contributed by atoms with E-state index in [1.54, 1.807) is 19.2 Å². The second-order valence-corrected chi connectivity index (χ2v) is 5.17. The molecule has 0 aliphatic carbocycles. The van der Waals surface area contributed by atoms with Gasteiger partial charge in [0.1, 0.15) is 5.75 Å². The van der Waals surface area contributed by atoms with Crippen molar-refractivity contribution in [3.05, 3.63) is 58.1 Å². The van der Waals surface area contributed by atoms with Crippen LogP contribution in [0.15, 0.2) is 46.9 Å². The SMILES string of the molecule is COc1ccc(CNc2cc(Br)ccc2C(N)=O)cc1. The van der Waals surface area contributed by atoms with E-state index in [2.05, 4.69) is 21.2 Å². The highest BCUT2D eigenvalue weighted by molar-refractivity contribution is 9.10. The molecule has 4 nitrogen and oxygen atoms in total. The van der Waals surface area contributed by atoms with Crippen molar-refractivity contribution in [2.24, 2.45) is 5.73 Å². The van der Waals surface area contributed by atoms with Gasteiger partial charge in [-0.15, -0.1) is 0 Å². The first-order valence-electron chi connectivity index (χ1n) is 6.06. The Morgan fingerprint density at radius 2 is 1.95 bits per heavy atom. The highest BCUT2D eigenvalue weighted by Gasteiger charge is 2.08. The smallest absolute Gasteiger partial charge is 0.250 e. The average Bonchev–Trinajstić information content (AvgIpc) is 2.45. The molecule has 20 heavy (non-hydrogen) atoms. The molecule has 0 saturated carbocycles. The molecular formula is C15H15BrN2O2. The van der Waals surface area contributed by atoms with Crippen LogP contribution in [0.25, 0.3) is 0 Å². The van der Waals surface area contributed by atoms with Gasteiger partial charge in [0, 0.05) is 16.7 Å². The molecule has 0 heterocycles. The number of anilines is 1. The molecule has 0 aliphatic heterocycles. The van der Waals surface area contributed by atoms with Crippen LogP contribution in [0.3, 0.4) is 0 Å². The lowest BCUT2D eigenvalue weighted by Crippen LogP contribution is -2.14. The number of ether oxygens (including phenoxy) is 1. The van der Waals surface area contributed by atoms with Gasteiger partial charge >= 0.3 is 0 Å². The number of carbonyl (C=O) groups is 1. The van der Waals surface area contributed by atoms with Crippen molar-refractivity contribution in [2.45, 2.75) is 6.54 Å². The van der Waals surface area contributed by atoms with Crippen molar-refractivity contribution in [1.29, 1.82) is 0 Å². The number of nitrogens with two attached hydrogens (primary N) is 1.